The molecular weight excluding hydrogens is 972 g/mol. The van der Waals surface area contributed by atoms with Crippen molar-refractivity contribution in [3.63, 3.8) is 0 Å². The van der Waals surface area contributed by atoms with Crippen LogP contribution in [0.1, 0.15) is 73.6 Å². The molecule has 0 saturated carbocycles. The number of sulfonamides is 2. The lowest BCUT2D eigenvalue weighted by Gasteiger charge is -2.30. The first kappa shape index (κ1) is 54.7. The van der Waals surface area contributed by atoms with Crippen LogP contribution < -0.4 is 56.8 Å². The summed E-state index contributed by atoms with van der Waals surface area (Å²) in [5.41, 5.74) is 14.1. The van der Waals surface area contributed by atoms with Crippen LogP contribution in [0.5, 0.6) is 0 Å². The molecule has 0 spiro atoms. The molecule has 0 radical (unpaired) electrons. The van der Waals surface area contributed by atoms with Crippen LogP contribution in [0.4, 0.5) is 9.59 Å². The molecular formula is C50H60Cl2N10O6S2. The lowest BCUT2D eigenvalue weighted by atomic mass is 10.1. The number of carbonyl (C=O) groups excluding carboxylic acids is 2. The Labute approximate surface area is 422 Å². The molecule has 0 aromatic heterocycles. The molecule has 8 rings (SSSR count). The van der Waals surface area contributed by atoms with Crippen molar-refractivity contribution in [2.24, 2.45) is 11.5 Å². The number of amides is 4. The van der Waals surface area contributed by atoms with E-state index in [1.807, 2.05) is 48.5 Å². The molecule has 2 saturated heterocycles. The number of likely N-dealkylation sites (tertiary alicyclic amines) is 2. The molecule has 6 aromatic carbocycles. The Morgan fingerprint density at radius 1 is 0.471 bits per heavy atom. The number of carbonyl (C=O) groups is 2. The third-order valence-electron chi connectivity index (χ3n) is 12.0. The van der Waals surface area contributed by atoms with E-state index in [1.165, 1.54) is 10.0 Å². The summed E-state index contributed by atoms with van der Waals surface area (Å²) < 4.78 is 53.3. The number of rotatable bonds is 12. The van der Waals surface area contributed by atoms with Gasteiger partial charge in [-0.2, -0.15) is 0 Å². The van der Waals surface area contributed by atoms with Gasteiger partial charge in [0.05, 0.1) is 34.0 Å². The SMILES string of the molecule is NC(=[NH2+])c1ccc(CN(NS(=O)(=O)c2ccc3ccccc3c2)C(=O)N2CCCCCC2)cc1.NC(=[NH2+])c1cccc(CN(NS(=O)(=O)c2ccc3ccccc3c2)C(=O)N2CCCCCC2)c1.[Cl-].[Cl-]. The minimum Gasteiger partial charge on any atom is -1.00 e. The minimum atomic E-state index is -4.02. The molecule has 2 aliphatic rings. The maximum atomic E-state index is 13.5. The Hall–Kier alpha value is -6.28. The van der Waals surface area contributed by atoms with Crippen LogP contribution in [-0.2, 0) is 33.1 Å². The Kier molecular flexibility index (Phi) is 19.5. The number of nitrogens with two attached hydrogens (primary N) is 4. The number of fused-ring (bicyclic) bond motifs is 2. The number of halogens is 2. The quantitative estimate of drug-likeness (QED) is 0.0454. The number of amidine groups is 2. The van der Waals surface area contributed by atoms with Crippen molar-refractivity contribution in [1.82, 2.24) is 29.5 Å². The van der Waals surface area contributed by atoms with E-state index >= 15 is 0 Å². The number of hydrogen-bond acceptors (Lipinski definition) is 6. The van der Waals surface area contributed by atoms with Gasteiger partial charge in [-0.25, -0.2) is 36.4 Å². The zero-order chi connectivity index (χ0) is 48.3. The second kappa shape index (κ2) is 25.0. The predicted octanol–water partition coefficient (Wildman–Crippen LogP) is -2.00. The molecule has 0 aliphatic carbocycles. The number of nitrogens with zero attached hydrogens (tertiary/aromatic N) is 4. The van der Waals surface area contributed by atoms with E-state index in [0.717, 1.165) is 78.5 Å². The number of benzene rings is 6. The highest BCUT2D eigenvalue weighted by Crippen LogP contribution is 2.23. The molecule has 70 heavy (non-hydrogen) atoms. The van der Waals surface area contributed by atoms with Crippen LogP contribution in [-0.4, -0.2) is 86.6 Å². The Morgan fingerprint density at radius 3 is 1.29 bits per heavy atom. The summed E-state index contributed by atoms with van der Waals surface area (Å²) in [5.74, 6) is 0.352. The van der Waals surface area contributed by atoms with Crippen molar-refractivity contribution in [3.8, 4) is 0 Å². The molecule has 2 heterocycles. The molecule has 4 amide bonds. The average Bonchev–Trinajstić information content (AvgIpc) is 3.80. The monoisotopic (exact) mass is 1030 g/mol. The predicted molar refractivity (Wildman–Crippen MR) is 264 cm³/mol. The van der Waals surface area contributed by atoms with E-state index in [9.17, 15) is 26.4 Å². The Balaban J connectivity index is 0.000000254. The molecule has 16 nitrogen and oxygen atoms in total. The highest BCUT2D eigenvalue weighted by molar-refractivity contribution is 7.89. The summed E-state index contributed by atoms with van der Waals surface area (Å²) in [6.07, 6.45) is 7.82. The summed E-state index contributed by atoms with van der Waals surface area (Å²) in [5, 5.41) is 17.2. The van der Waals surface area contributed by atoms with Crippen molar-refractivity contribution in [2.75, 3.05) is 26.2 Å². The van der Waals surface area contributed by atoms with Gasteiger partial charge in [-0.15, -0.1) is 9.66 Å². The van der Waals surface area contributed by atoms with Gasteiger partial charge in [0.2, 0.25) is 0 Å². The van der Waals surface area contributed by atoms with Crippen LogP contribution >= 0.6 is 0 Å². The van der Waals surface area contributed by atoms with Crippen LogP contribution in [0, 0.1) is 0 Å². The van der Waals surface area contributed by atoms with E-state index in [2.05, 4.69) is 9.66 Å². The standard InChI is InChI=1S/2C25H29N5O3S.2ClH/c26-24(27)22-11-7-8-19(16-22)18-30(25(31)29-14-5-1-2-6-15-29)28-34(32,33)23-13-12-20-9-3-4-10-21(20)17-23;26-24(27)21-11-9-19(10-12-21)18-30(25(31)29-15-5-1-2-6-16-29)28-34(32,33)23-14-13-20-7-3-4-8-22(20)17-23;;/h3-4,7-13,16-17,28H,1-2,5-6,14-15,18H2,(H3,26,27);3-4,7-14,17,28H,1-2,5-6,15-16,18H2,(H3,26,27);2*1H. The fourth-order valence-corrected chi connectivity index (χ4v) is 10.4. The molecule has 10 N–H and O–H groups in total. The number of urea groups is 2. The molecule has 372 valence electrons. The zero-order valence-electron chi connectivity index (χ0n) is 38.7. The Morgan fingerprint density at radius 2 is 0.871 bits per heavy atom. The van der Waals surface area contributed by atoms with E-state index in [0.29, 0.717) is 42.9 Å². The summed E-state index contributed by atoms with van der Waals surface area (Å²) in [6.45, 7) is 2.48. The van der Waals surface area contributed by atoms with E-state index in [1.54, 1.807) is 94.7 Å². The average molecular weight is 1030 g/mol. The van der Waals surface area contributed by atoms with Crippen molar-refractivity contribution in [2.45, 2.75) is 74.2 Å². The van der Waals surface area contributed by atoms with Gasteiger partial charge in [-0.3, -0.25) is 22.3 Å². The fraction of sp³-hybridized carbons (Fsp3) is 0.280. The smallest absolute Gasteiger partial charge is 0.335 e. The molecule has 0 atom stereocenters. The number of nitrogens with one attached hydrogen (secondary N) is 2. The summed E-state index contributed by atoms with van der Waals surface area (Å²) in [7, 11) is -8.02. The van der Waals surface area contributed by atoms with Crippen molar-refractivity contribution in [1.29, 1.82) is 0 Å². The first-order chi connectivity index (χ1) is 32.7. The maximum Gasteiger partial charge on any atom is 0.335 e. The van der Waals surface area contributed by atoms with Gasteiger partial charge in [-0.1, -0.05) is 111 Å². The van der Waals surface area contributed by atoms with Crippen molar-refractivity contribution in [3.05, 3.63) is 156 Å². The summed E-state index contributed by atoms with van der Waals surface area (Å²) >= 11 is 0. The largest absolute Gasteiger partial charge is 1.00 e. The first-order valence-electron chi connectivity index (χ1n) is 22.8. The first-order valence-corrected chi connectivity index (χ1v) is 25.7. The van der Waals surface area contributed by atoms with E-state index in [-0.39, 0.29) is 71.4 Å². The second-order valence-electron chi connectivity index (χ2n) is 17.1. The van der Waals surface area contributed by atoms with Gasteiger partial charge < -0.3 is 34.6 Å². The molecule has 0 unspecified atom stereocenters. The molecule has 20 heteroatoms. The van der Waals surface area contributed by atoms with Crippen LogP contribution in [0.2, 0.25) is 0 Å². The van der Waals surface area contributed by atoms with Gasteiger partial charge in [0.1, 0.15) is 0 Å². The highest BCUT2D eigenvalue weighted by atomic mass is 35.5. The fourth-order valence-electron chi connectivity index (χ4n) is 8.22. The minimum absolute atomic E-state index is 0. The Bertz CT molecular complexity index is 3000. The number of hydrazine groups is 2. The third-order valence-corrected chi connectivity index (χ3v) is 14.6. The maximum absolute atomic E-state index is 13.5. The summed E-state index contributed by atoms with van der Waals surface area (Å²) in [6, 6.07) is 38.3. The van der Waals surface area contributed by atoms with Crippen LogP contribution in [0.25, 0.3) is 21.5 Å². The van der Waals surface area contributed by atoms with Gasteiger partial charge in [-0.05, 0) is 107 Å². The molecule has 2 fully saturated rings. The molecule has 0 bridgehead atoms. The van der Waals surface area contributed by atoms with Gasteiger partial charge >= 0.3 is 12.1 Å². The normalized spacial score (nSPS) is 14.1. The second-order valence-corrected chi connectivity index (χ2v) is 20.4. The lowest BCUT2D eigenvalue weighted by Crippen LogP contribution is -3.00. The molecule has 2 aliphatic heterocycles. The van der Waals surface area contributed by atoms with Crippen LogP contribution in [0.3, 0.4) is 0 Å². The van der Waals surface area contributed by atoms with Gasteiger partial charge in [0, 0.05) is 26.2 Å². The lowest BCUT2D eigenvalue weighted by molar-refractivity contribution is -0.115. The van der Waals surface area contributed by atoms with E-state index < -0.39 is 20.0 Å². The van der Waals surface area contributed by atoms with Gasteiger partial charge in [0.15, 0.2) is 0 Å². The highest BCUT2D eigenvalue weighted by Gasteiger charge is 2.29. The van der Waals surface area contributed by atoms with Crippen molar-refractivity contribution >= 4 is 65.3 Å². The van der Waals surface area contributed by atoms with Gasteiger partial charge in [0.25, 0.3) is 31.7 Å². The van der Waals surface area contributed by atoms with Crippen LogP contribution in [0.15, 0.2) is 143 Å². The van der Waals surface area contributed by atoms with Crippen molar-refractivity contribution < 1.29 is 62.1 Å². The zero-order valence-corrected chi connectivity index (χ0v) is 41.9. The third kappa shape index (κ3) is 14.4. The number of hydrogen-bond donors (Lipinski definition) is 6. The summed E-state index contributed by atoms with van der Waals surface area (Å²) in [4.78, 5) is 35.6. The van der Waals surface area contributed by atoms with E-state index in [4.69, 9.17) is 22.3 Å². The topological polar surface area (TPSA) is 243 Å². The molecule has 6 aromatic rings.